The normalized spacial score (nSPS) is 11.6. The van der Waals surface area contributed by atoms with Crippen LogP contribution in [-0.4, -0.2) is 10.2 Å². The molecule has 2 N–H and O–H groups in total. The Morgan fingerprint density at radius 3 is 1.43 bits per heavy atom. The van der Waals surface area contributed by atoms with Gasteiger partial charge in [-0.3, -0.25) is 0 Å². The third kappa shape index (κ3) is 2.63. The second kappa shape index (κ2) is 5.80. The van der Waals surface area contributed by atoms with Gasteiger partial charge in [0.25, 0.3) is 0 Å². The van der Waals surface area contributed by atoms with E-state index < -0.39 is 0 Å². The lowest BCUT2D eigenvalue weighted by molar-refractivity contribution is 0.457. The molecule has 0 aliphatic carbocycles. The van der Waals surface area contributed by atoms with Gasteiger partial charge in [-0.05, 0) is 73.2 Å². The molecule has 0 unspecified atom stereocenters. The number of hydrogen-bond acceptors (Lipinski definition) is 2. The average Bonchev–Trinajstić information content (AvgIpc) is 2.44. The molecule has 21 heavy (non-hydrogen) atoms. The van der Waals surface area contributed by atoms with Crippen LogP contribution in [0.4, 0.5) is 0 Å². The SMILES string of the molecule is CCC(CC)(c1ccc(O)cc1C)c1ccc(O)cc1C. The van der Waals surface area contributed by atoms with E-state index >= 15 is 0 Å². The number of aryl methyl sites for hydroxylation is 2. The second-order valence-electron chi connectivity index (χ2n) is 5.79. The maximum Gasteiger partial charge on any atom is 0.115 e. The molecular weight excluding hydrogens is 260 g/mol. The molecule has 0 saturated heterocycles. The number of phenols is 2. The number of benzene rings is 2. The van der Waals surface area contributed by atoms with Gasteiger partial charge in [0, 0.05) is 5.41 Å². The summed E-state index contributed by atoms with van der Waals surface area (Å²) in [7, 11) is 0. The first-order chi connectivity index (χ1) is 9.94. The maximum atomic E-state index is 9.68. The number of phenolic OH excluding ortho intramolecular Hbond substituents is 2. The molecule has 2 heteroatoms. The highest BCUT2D eigenvalue weighted by Crippen LogP contribution is 2.43. The van der Waals surface area contributed by atoms with Gasteiger partial charge in [0.1, 0.15) is 11.5 Å². The summed E-state index contributed by atoms with van der Waals surface area (Å²) in [5, 5.41) is 19.4. The second-order valence-corrected chi connectivity index (χ2v) is 5.79. The Hall–Kier alpha value is -1.96. The summed E-state index contributed by atoms with van der Waals surface area (Å²) in [5.41, 5.74) is 4.62. The predicted molar refractivity (Wildman–Crippen MR) is 87.0 cm³/mol. The first-order valence-electron chi connectivity index (χ1n) is 7.54. The van der Waals surface area contributed by atoms with Crippen molar-refractivity contribution in [2.24, 2.45) is 0 Å². The zero-order chi connectivity index (χ0) is 15.6. The minimum absolute atomic E-state index is 0.0877. The molecule has 0 aromatic heterocycles. The molecule has 2 nitrogen and oxygen atoms in total. The topological polar surface area (TPSA) is 40.5 Å². The molecule has 2 aromatic carbocycles. The van der Waals surface area contributed by atoms with Gasteiger partial charge >= 0.3 is 0 Å². The van der Waals surface area contributed by atoms with Crippen molar-refractivity contribution >= 4 is 0 Å². The molecule has 2 rings (SSSR count). The largest absolute Gasteiger partial charge is 0.508 e. The van der Waals surface area contributed by atoms with Crippen LogP contribution in [0.15, 0.2) is 36.4 Å². The van der Waals surface area contributed by atoms with Crippen LogP contribution >= 0.6 is 0 Å². The van der Waals surface area contributed by atoms with Gasteiger partial charge < -0.3 is 10.2 Å². The summed E-state index contributed by atoms with van der Waals surface area (Å²) in [4.78, 5) is 0. The van der Waals surface area contributed by atoms with Crippen molar-refractivity contribution in [3.05, 3.63) is 58.7 Å². The van der Waals surface area contributed by atoms with Crippen molar-refractivity contribution in [2.75, 3.05) is 0 Å². The minimum Gasteiger partial charge on any atom is -0.508 e. The highest BCUT2D eigenvalue weighted by Gasteiger charge is 2.33. The zero-order valence-electron chi connectivity index (χ0n) is 13.3. The molecule has 0 heterocycles. The summed E-state index contributed by atoms with van der Waals surface area (Å²) in [6.45, 7) is 8.49. The Morgan fingerprint density at radius 1 is 0.762 bits per heavy atom. The van der Waals surface area contributed by atoms with E-state index in [0.717, 1.165) is 24.0 Å². The van der Waals surface area contributed by atoms with Crippen LogP contribution in [0.25, 0.3) is 0 Å². The molecule has 0 bridgehead atoms. The van der Waals surface area contributed by atoms with E-state index in [4.69, 9.17) is 0 Å². The molecule has 0 aliphatic heterocycles. The van der Waals surface area contributed by atoms with Crippen LogP contribution in [-0.2, 0) is 5.41 Å². The Kier molecular flexibility index (Phi) is 4.26. The van der Waals surface area contributed by atoms with E-state index in [1.54, 1.807) is 12.1 Å². The third-order valence-corrected chi connectivity index (χ3v) is 4.66. The van der Waals surface area contributed by atoms with Crippen molar-refractivity contribution < 1.29 is 10.2 Å². The van der Waals surface area contributed by atoms with Gasteiger partial charge in [-0.1, -0.05) is 26.0 Å². The molecule has 0 fully saturated rings. The Bertz CT molecular complexity index is 587. The van der Waals surface area contributed by atoms with Crippen molar-refractivity contribution in [1.82, 2.24) is 0 Å². The summed E-state index contributed by atoms with van der Waals surface area (Å²) in [5.74, 6) is 0.611. The van der Waals surface area contributed by atoms with E-state index in [-0.39, 0.29) is 5.41 Å². The van der Waals surface area contributed by atoms with Crippen LogP contribution in [0.5, 0.6) is 11.5 Å². The van der Waals surface area contributed by atoms with Crippen LogP contribution < -0.4 is 0 Å². The van der Waals surface area contributed by atoms with Crippen molar-refractivity contribution in [1.29, 1.82) is 0 Å². The molecule has 0 saturated carbocycles. The van der Waals surface area contributed by atoms with Crippen molar-refractivity contribution in [3.8, 4) is 11.5 Å². The highest BCUT2D eigenvalue weighted by molar-refractivity contribution is 5.49. The summed E-state index contributed by atoms with van der Waals surface area (Å²) in [6.07, 6.45) is 1.95. The standard InChI is InChI=1S/C19H24O2/c1-5-19(6-2,17-9-7-15(20)11-13(17)3)18-10-8-16(21)12-14(18)4/h7-12,20-21H,5-6H2,1-4H3. The molecule has 112 valence electrons. The molecule has 0 spiro atoms. The molecule has 0 atom stereocenters. The lowest BCUT2D eigenvalue weighted by atomic mass is 9.68. The first kappa shape index (κ1) is 15.4. The monoisotopic (exact) mass is 284 g/mol. The maximum absolute atomic E-state index is 9.68. The quantitative estimate of drug-likeness (QED) is 0.845. The van der Waals surface area contributed by atoms with E-state index in [1.807, 2.05) is 38.1 Å². The van der Waals surface area contributed by atoms with E-state index in [9.17, 15) is 10.2 Å². The van der Waals surface area contributed by atoms with Crippen LogP contribution in [0.1, 0.15) is 48.9 Å². The lowest BCUT2D eigenvalue weighted by Gasteiger charge is -2.36. The first-order valence-corrected chi connectivity index (χ1v) is 7.54. The van der Waals surface area contributed by atoms with Gasteiger partial charge in [-0.15, -0.1) is 0 Å². The van der Waals surface area contributed by atoms with Gasteiger partial charge in [0.2, 0.25) is 0 Å². The van der Waals surface area contributed by atoms with E-state index in [0.29, 0.717) is 11.5 Å². The van der Waals surface area contributed by atoms with Crippen molar-refractivity contribution in [2.45, 2.75) is 46.0 Å². The van der Waals surface area contributed by atoms with Crippen LogP contribution in [0.3, 0.4) is 0 Å². The van der Waals surface area contributed by atoms with Crippen molar-refractivity contribution in [3.63, 3.8) is 0 Å². The fraction of sp³-hybridized carbons (Fsp3) is 0.368. The molecule has 0 amide bonds. The predicted octanol–water partition coefficient (Wildman–Crippen LogP) is 4.82. The third-order valence-electron chi connectivity index (χ3n) is 4.66. The molecule has 0 radical (unpaired) electrons. The minimum atomic E-state index is -0.0877. The van der Waals surface area contributed by atoms with Crippen LogP contribution in [0, 0.1) is 13.8 Å². The van der Waals surface area contributed by atoms with E-state index in [1.165, 1.54) is 11.1 Å². The molecule has 2 aromatic rings. The van der Waals surface area contributed by atoms with Gasteiger partial charge in [-0.25, -0.2) is 0 Å². The average molecular weight is 284 g/mol. The summed E-state index contributed by atoms with van der Waals surface area (Å²) >= 11 is 0. The molecular formula is C19H24O2. The zero-order valence-corrected chi connectivity index (χ0v) is 13.3. The number of hydrogen-bond donors (Lipinski definition) is 2. The Balaban J connectivity index is 2.70. The fourth-order valence-corrected chi connectivity index (χ4v) is 3.53. The Morgan fingerprint density at radius 2 is 1.14 bits per heavy atom. The van der Waals surface area contributed by atoms with Gasteiger partial charge in [0.15, 0.2) is 0 Å². The van der Waals surface area contributed by atoms with Gasteiger partial charge in [-0.2, -0.15) is 0 Å². The Labute approximate surface area is 127 Å². The van der Waals surface area contributed by atoms with E-state index in [2.05, 4.69) is 13.8 Å². The van der Waals surface area contributed by atoms with Crippen LogP contribution in [0.2, 0.25) is 0 Å². The number of aromatic hydroxyl groups is 2. The molecule has 0 aliphatic rings. The summed E-state index contributed by atoms with van der Waals surface area (Å²) in [6, 6.07) is 11.2. The summed E-state index contributed by atoms with van der Waals surface area (Å²) < 4.78 is 0. The smallest absolute Gasteiger partial charge is 0.115 e. The fourth-order valence-electron chi connectivity index (χ4n) is 3.53. The van der Waals surface area contributed by atoms with Gasteiger partial charge in [0.05, 0.1) is 0 Å². The lowest BCUT2D eigenvalue weighted by Crippen LogP contribution is -2.28. The highest BCUT2D eigenvalue weighted by atomic mass is 16.3. The number of rotatable bonds is 4.